The highest BCUT2D eigenvalue weighted by Crippen LogP contribution is 2.20. The summed E-state index contributed by atoms with van der Waals surface area (Å²) in [6.07, 6.45) is 8.57. The van der Waals surface area contributed by atoms with Gasteiger partial charge < -0.3 is 10.2 Å². The number of nitrogens with zero attached hydrogens (tertiary/aromatic N) is 4. The molecule has 1 N–H and O–H groups in total. The van der Waals surface area contributed by atoms with Crippen molar-refractivity contribution >= 4 is 40.8 Å². The quantitative estimate of drug-likeness (QED) is 0.445. The number of unbranched alkanes of at least 4 members (excludes halogenated alkanes) is 1. The third kappa shape index (κ3) is 11.2. The Morgan fingerprint density at radius 1 is 1.21 bits per heavy atom. The molecule has 2 amide bonds. The number of ketones is 1. The average molecular weight is 424 g/mol. The fourth-order valence-electron chi connectivity index (χ4n) is 3.11. The van der Waals surface area contributed by atoms with Crippen LogP contribution in [0.2, 0.25) is 0 Å². The lowest BCUT2D eigenvalue weighted by atomic mass is 9.94. The highest BCUT2D eigenvalue weighted by Gasteiger charge is 2.21. The largest absolute Gasteiger partial charge is 0.341 e. The maximum absolute atomic E-state index is 11.9. The highest BCUT2D eigenvalue weighted by atomic mass is 32.2. The van der Waals surface area contributed by atoms with Gasteiger partial charge in [0.2, 0.25) is 5.96 Å². The van der Waals surface area contributed by atoms with Gasteiger partial charge in [-0.1, -0.05) is 20.3 Å². The van der Waals surface area contributed by atoms with Crippen LogP contribution in [-0.4, -0.2) is 66.4 Å². The molecule has 0 unspecified atom stereocenters. The van der Waals surface area contributed by atoms with Crippen LogP contribution in [0.1, 0.15) is 65.7 Å². The third-order valence-corrected chi connectivity index (χ3v) is 5.76. The predicted molar refractivity (Wildman–Crippen MR) is 125 cm³/mol. The molecule has 0 radical (unpaired) electrons. The summed E-state index contributed by atoms with van der Waals surface area (Å²) in [6.45, 7) is 8.43. The van der Waals surface area contributed by atoms with Crippen molar-refractivity contribution in [3.05, 3.63) is 0 Å². The summed E-state index contributed by atoms with van der Waals surface area (Å²) in [5.74, 6) is 2.01. The summed E-state index contributed by atoms with van der Waals surface area (Å²) in [5, 5.41) is 3.50. The Bertz CT molecular complexity index is 596. The number of carbonyl (C=O) groups excluding carboxylic acids is 2. The summed E-state index contributed by atoms with van der Waals surface area (Å²) < 4.78 is 0. The summed E-state index contributed by atoms with van der Waals surface area (Å²) in [4.78, 5) is 38.5. The van der Waals surface area contributed by atoms with Gasteiger partial charge in [0.25, 0.3) is 0 Å². The Balaban J connectivity index is 2.26. The second-order valence-electron chi connectivity index (χ2n) is 7.28. The Kier molecular flexibility index (Phi) is 13.3. The fraction of sp³-hybridized carbons (Fsp3) is 0.762. The number of urea groups is 1. The van der Waals surface area contributed by atoms with Crippen LogP contribution < -0.4 is 5.32 Å². The second-order valence-corrected chi connectivity index (χ2v) is 8.45. The van der Waals surface area contributed by atoms with Gasteiger partial charge in [0.15, 0.2) is 0 Å². The predicted octanol–water partition coefficient (Wildman–Crippen LogP) is 4.18. The summed E-state index contributed by atoms with van der Waals surface area (Å²) in [6, 6.07) is -0.318. The van der Waals surface area contributed by atoms with E-state index in [-0.39, 0.29) is 11.8 Å². The first kappa shape index (κ1) is 25.3. The topological polar surface area (TPSA) is 86.5 Å². The molecule has 1 saturated heterocycles. The van der Waals surface area contributed by atoms with Crippen molar-refractivity contribution in [3.8, 4) is 0 Å². The summed E-state index contributed by atoms with van der Waals surface area (Å²) in [7, 11) is 1.79. The van der Waals surface area contributed by atoms with Crippen LogP contribution in [0, 0.1) is 5.92 Å². The molecule has 8 heteroatoms. The number of likely N-dealkylation sites (tertiary alicyclic amines) is 1. The molecule has 1 fully saturated rings. The molecule has 0 aliphatic carbocycles. The monoisotopic (exact) mass is 423 g/mol. The molecule has 0 aromatic rings. The third-order valence-electron chi connectivity index (χ3n) is 4.78. The van der Waals surface area contributed by atoms with Crippen molar-refractivity contribution < 1.29 is 9.59 Å². The number of rotatable bonds is 9. The highest BCUT2D eigenvalue weighted by molar-refractivity contribution is 8.14. The smallest absolute Gasteiger partial charge is 0.341 e. The first-order valence-electron chi connectivity index (χ1n) is 10.7. The molecule has 0 aromatic carbocycles. The zero-order valence-corrected chi connectivity index (χ0v) is 19.3. The van der Waals surface area contributed by atoms with Crippen molar-refractivity contribution in [2.75, 3.05) is 32.4 Å². The van der Waals surface area contributed by atoms with E-state index in [9.17, 15) is 9.59 Å². The number of piperidine rings is 1. The minimum Gasteiger partial charge on any atom is -0.341 e. The molecule has 1 heterocycles. The van der Waals surface area contributed by atoms with E-state index >= 15 is 0 Å². The van der Waals surface area contributed by atoms with E-state index in [1.54, 1.807) is 14.0 Å². The summed E-state index contributed by atoms with van der Waals surface area (Å²) in [5.41, 5.74) is 0. The zero-order chi connectivity index (χ0) is 21.5. The van der Waals surface area contributed by atoms with E-state index in [1.807, 2.05) is 13.1 Å². The number of hydrogen-bond acceptors (Lipinski definition) is 4. The zero-order valence-electron chi connectivity index (χ0n) is 18.4. The molecule has 0 aromatic heterocycles. The first-order chi connectivity index (χ1) is 14.0. The molecular formula is C21H37N5O2S. The first-order valence-corrected chi connectivity index (χ1v) is 11.7. The number of aliphatic imine (C=N–C) groups is 3. The van der Waals surface area contributed by atoms with Crippen molar-refractivity contribution in [1.29, 1.82) is 0 Å². The minimum absolute atomic E-state index is 0.200. The molecule has 29 heavy (non-hydrogen) atoms. The fourth-order valence-corrected chi connectivity index (χ4v) is 3.77. The van der Waals surface area contributed by atoms with E-state index in [2.05, 4.69) is 32.1 Å². The van der Waals surface area contributed by atoms with Crippen LogP contribution in [0.3, 0.4) is 0 Å². The van der Waals surface area contributed by atoms with Gasteiger partial charge in [-0.25, -0.2) is 9.79 Å². The molecule has 7 nitrogen and oxygen atoms in total. The second kappa shape index (κ2) is 15.2. The van der Waals surface area contributed by atoms with Gasteiger partial charge in [0.1, 0.15) is 5.78 Å². The van der Waals surface area contributed by atoms with E-state index < -0.39 is 0 Å². The molecule has 0 spiro atoms. The number of hydrogen-bond donors (Lipinski definition) is 1. The SMILES string of the molecule is CCCC=NC(=NC)N1CCC(CCNC(=O)N=C(C)SCC(=O)CCC)CC1. The van der Waals surface area contributed by atoms with Crippen LogP contribution >= 0.6 is 11.8 Å². The van der Waals surface area contributed by atoms with Crippen LogP contribution in [0.5, 0.6) is 0 Å². The molecule has 164 valence electrons. The van der Waals surface area contributed by atoms with Crippen molar-refractivity contribution in [1.82, 2.24) is 10.2 Å². The molecule has 1 aliphatic heterocycles. The lowest BCUT2D eigenvalue weighted by Crippen LogP contribution is -2.38. The van der Waals surface area contributed by atoms with Crippen LogP contribution in [-0.2, 0) is 4.79 Å². The molecular weight excluding hydrogens is 386 g/mol. The summed E-state index contributed by atoms with van der Waals surface area (Å²) >= 11 is 1.34. The number of Topliss-reactive ketones (excluding diaryl/α,β-unsaturated/α-hetero) is 1. The van der Waals surface area contributed by atoms with E-state index in [4.69, 9.17) is 0 Å². The Hall–Kier alpha value is -1.70. The van der Waals surface area contributed by atoms with E-state index in [0.29, 0.717) is 29.7 Å². The molecule has 0 atom stereocenters. The lowest BCUT2D eigenvalue weighted by molar-refractivity contribution is -0.116. The van der Waals surface area contributed by atoms with Gasteiger partial charge in [-0.15, -0.1) is 11.8 Å². The van der Waals surface area contributed by atoms with Gasteiger partial charge >= 0.3 is 6.03 Å². The molecule has 0 bridgehead atoms. The van der Waals surface area contributed by atoms with Gasteiger partial charge in [0, 0.05) is 39.3 Å². The minimum atomic E-state index is -0.318. The average Bonchev–Trinajstić information content (AvgIpc) is 2.71. The van der Waals surface area contributed by atoms with E-state index in [0.717, 1.165) is 57.6 Å². The standard InChI is InChI=1S/C21H37N5O2S/c1-5-7-12-23-20(22-4)26-14-10-18(11-15-26)9-13-24-21(28)25-17(3)29-16-19(27)8-6-2/h12,18H,5-11,13-16H2,1-4H3,(H,24,28). The van der Waals surface area contributed by atoms with Crippen molar-refractivity contribution in [2.24, 2.45) is 20.9 Å². The van der Waals surface area contributed by atoms with E-state index in [1.165, 1.54) is 11.8 Å². The lowest BCUT2D eigenvalue weighted by Gasteiger charge is -2.32. The van der Waals surface area contributed by atoms with Gasteiger partial charge in [-0.2, -0.15) is 4.99 Å². The molecule has 1 aliphatic rings. The normalized spacial score (nSPS) is 16.5. The number of carbonyl (C=O) groups is 2. The van der Waals surface area contributed by atoms with Gasteiger partial charge in [-0.05, 0) is 44.9 Å². The van der Waals surface area contributed by atoms with Crippen LogP contribution in [0.25, 0.3) is 0 Å². The van der Waals surface area contributed by atoms with Crippen LogP contribution in [0.4, 0.5) is 4.79 Å². The maximum atomic E-state index is 11.9. The van der Waals surface area contributed by atoms with Gasteiger partial charge in [-0.3, -0.25) is 9.79 Å². The Morgan fingerprint density at radius 2 is 1.93 bits per heavy atom. The molecule has 1 rings (SSSR count). The molecule has 0 saturated carbocycles. The van der Waals surface area contributed by atoms with Crippen LogP contribution in [0.15, 0.2) is 15.0 Å². The van der Waals surface area contributed by atoms with Crippen molar-refractivity contribution in [3.63, 3.8) is 0 Å². The number of thioether (sulfide) groups is 1. The number of guanidine groups is 1. The number of nitrogens with one attached hydrogen (secondary N) is 1. The Labute approximate surface area is 179 Å². The maximum Gasteiger partial charge on any atom is 0.341 e. The van der Waals surface area contributed by atoms with Crippen molar-refractivity contribution in [2.45, 2.75) is 65.7 Å². The van der Waals surface area contributed by atoms with Gasteiger partial charge in [0.05, 0.1) is 10.8 Å². The Morgan fingerprint density at radius 3 is 2.55 bits per heavy atom. The number of amides is 2.